The van der Waals surface area contributed by atoms with Crippen LogP contribution in [0.15, 0.2) is 30.3 Å². The van der Waals surface area contributed by atoms with E-state index in [1.807, 2.05) is 4.90 Å². The number of tetrazole rings is 1. The molecule has 0 fully saturated rings. The second-order valence-corrected chi connectivity index (χ2v) is 8.43. The van der Waals surface area contributed by atoms with Gasteiger partial charge < -0.3 is 20.1 Å². The van der Waals surface area contributed by atoms with Crippen molar-refractivity contribution in [3.8, 4) is 5.75 Å². The second-order valence-electron chi connectivity index (χ2n) is 8.43. The number of hydrogen-bond acceptors (Lipinski definition) is 8. The monoisotopic (exact) mass is 490 g/mol. The highest BCUT2D eigenvalue weighted by molar-refractivity contribution is 5.92. The lowest BCUT2D eigenvalue weighted by Crippen LogP contribution is -2.25. The van der Waals surface area contributed by atoms with E-state index in [1.54, 1.807) is 19.2 Å². The Kier molecular flexibility index (Phi) is 6.55. The van der Waals surface area contributed by atoms with Crippen LogP contribution in [0.2, 0.25) is 0 Å². The molecular weight excluding hydrogens is 465 g/mol. The van der Waals surface area contributed by atoms with E-state index >= 15 is 0 Å². The number of anilines is 2. The van der Waals surface area contributed by atoms with Crippen LogP contribution in [0.25, 0.3) is 0 Å². The van der Waals surface area contributed by atoms with Crippen LogP contribution in [0.4, 0.5) is 24.8 Å². The van der Waals surface area contributed by atoms with Crippen molar-refractivity contribution in [3.05, 3.63) is 58.1 Å². The zero-order valence-electron chi connectivity index (χ0n) is 19.4. The van der Waals surface area contributed by atoms with Gasteiger partial charge in [0, 0.05) is 18.8 Å². The van der Waals surface area contributed by atoms with E-state index in [-0.39, 0.29) is 35.4 Å². The van der Waals surface area contributed by atoms with Gasteiger partial charge in [0.05, 0.1) is 25.8 Å². The van der Waals surface area contributed by atoms with Crippen molar-refractivity contribution in [2.24, 2.45) is 7.05 Å². The largest absolute Gasteiger partial charge is 0.507 e. The molecule has 0 amide bonds. The lowest BCUT2D eigenvalue weighted by Gasteiger charge is -2.28. The van der Waals surface area contributed by atoms with Gasteiger partial charge in [-0.1, -0.05) is 17.2 Å². The van der Waals surface area contributed by atoms with Crippen molar-refractivity contribution >= 4 is 17.6 Å². The topological polar surface area (TPSA) is 105 Å². The molecule has 0 aliphatic carbocycles. The number of nitrogens with zero attached hydrogens (tertiary/aromatic N) is 5. The number of aryl methyl sites for hydroxylation is 2. The van der Waals surface area contributed by atoms with Crippen LogP contribution >= 0.6 is 0 Å². The Morgan fingerprint density at radius 1 is 1.29 bits per heavy atom. The molecule has 0 saturated heterocycles. The summed E-state index contributed by atoms with van der Waals surface area (Å²) in [7, 11) is 2.83. The minimum Gasteiger partial charge on any atom is -0.507 e. The third kappa shape index (κ3) is 5.15. The number of aromatic hydroxyl groups is 1. The van der Waals surface area contributed by atoms with E-state index < -0.39 is 17.7 Å². The Balaban J connectivity index is 1.76. The normalized spacial score (nSPS) is 15.9. The first-order valence-electron chi connectivity index (χ1n) is 10.9. The minimum atomic E-state index is -4.51. The molecule has 12 heteroatoms. The quantitative estimate of drug-likeness (QED) is 0.518. The molecule has 0 radical (unpaired) electrons. The van der Waals surface area contributed by atoms with Crippen molar-refractivity contribution in [1.82, 2.24) is 20.2 Å². The molecule has 1 aromatic heterocycles. The third-order valence-corrected chi connectivity index (χ3v) is 5.97. The highest BCUT2D eigenvalue weighted by Gasteiger charge is 2.35. The van der Waals surface area contributed by atoms with Crippen molar-refractivity contribution in [3.63, 3.8) is 0 Å². The fourth-order valence-corrected chi connectivity index (χ4v) is 4.33. The second kappa shape index (κ2) is 9.43. The summed E-state index contributed by atoms with van der Waals surface area (Å²) in [5.74, 6) is -0.639. The fourth-order valence-electron chi connectivity index (χ4n) is 4.33. The number of ether oxygens (including phenoxy) is 1. The Morgan fingerprint density at radius 2 is 2.06 bits per heavy atom. The molecule has 2 aromatic carbocycles. The van der Waals surface area contributed by atoms with E-state index in [9.17, 15) is 23.1 Å². The number of alkyl halides is 3. The summed E-state index contributed by atoms with van der Waals surface area (Å²) in [5.41, 5.74) is 1.16. The molecule has 0 spiro atoms. The first kappa shape index (κ1) is 24.3. The van der Waals surface area contributed by atoms with Crippen LogP contribution in [-0.4, -0.2) is 44.9 Å². The first-order chi connectivity index (χ1) is 16.6. The molecule has 0 bridgehead atoms. The number of phenolic OH excluding ortho intramolecular Hbond substituents is 1. The number of esters is 1. The summed E-state index contributed by atoms with van der Waals surface area (Å²) in [4.78, 5) is 15.1. The van der Waals surface area contributed by atoms with E-state index in [2.05, 4.69) is 20.7 Å². The number of carbonyl (C=O) groups excluding carboxylic acids is 1. The van der Waals surface area contributed by atoms with Crippen LogP contribution in [0.5, 0.6) is 5.75 Å². The molecule has 3 aromatic rings. The number of hydrogen-bond donors (Lipinski definition) is 2. The fraction of sp³-hybridized carbons (Fsp3) is 0.391. The Bertz CT molecular complexity index is 1240. The van der Waals surface area contributed by atoms with Gasteiger partial charge in [0.2, 0.25) is 0 Å². The predicted molar refractivity (Wildman–Crippen MR) is 121 cm³/mol. The molecule has 1 unspecified atom stereocenters. The van der Waals surface area contributed by atoms with Gasteiger partial charge >= 0.3 is 12.1 Å². The van der Waals surface area contributed by atoms with Gasteiger partial charge in [-0.3, -0.25) is 0 Å². The number of fused-ring (bicyclic) bond motifs is 1. The number of rotatable bonds is 5. The molecule has 2 N–H and O–H groups in total. The van der Waals surface area contributed by atoms with E-state index in [0.717, 1.165) is 0 Å². The summed E-state index contributed by atoms with van der Waals surface area (Å²) in [6.45, 7) is 2.15. The lowest BCUT2D eigenvalue weighted by atomic mass is 9.96. The molecule has 0 saturated carbocycles. The number of phenols is 1. The number of benzene rings is 2. The summed E-state index contributed by atoms with van der Waals surface area (Å²) in [6, 6.07) is 6.90. The zero-order valence-corrected chi connectivity index (χ0v) is 19.4. The van der Waals surface area contributed by atoms with Gasteiger partial charge in [-0.2, -0.15) is 18.0 Å². The van der Waals surface area contributed by atoms with Crippen molar-refractivity contribution in [1.29, 1.82) is 0 Å². The molecule has 1 atom stereocenters. The summed E-state index contributed by atoms with van der Waals surface area (Å²) >= 11 is 0. The highest BCUT2D eigenvalue weighted by Crippen LogP contribution is 2.41. The summed E-state index contributed by atoms with van der Waals surface area (Å²) in [5, 5.41) is 25.1. The van der Waals surface area contributed by atoms with Crippen molar-refractivity contribution in [2.75, 3.05) is 23.9 Å². The molecular formula is C23H25F3N6O3. The molecule has 2 heterocycles. The summed E-state index contributed by atoms with van der Waals surface area (Å²) < 4.78 is 46.1. The SMILES string of the molecule is COC(=O)c1cc(CN2CCCC(Nc3nnn(C)n3)c3cc(C)c(C(F)(F)F)cc32)ccc1O. The van der Waals surface area contributed by atoms with Crippen LogP contribution < -0.4 is 10.2 Å². The van der Waals surface area contributed by atoms with Gasteiger partial charge in [0.25, 0.3) is 5.95 Å². The van der Waals surface area contributed by atoms with E-state index in [4.69, 9.17) is 4.74 Å². The average Bonchev–Trinajstić information content (AvgIpc) is 3.14. The van der Waals surface area contributed by atoms with Crippen LogP contribution in [0.3, 0.4) is 0 Å². The maximum atomic E-state index is 13.8. The highest BCUT2D eigenvalue weighted by atomic mass is 19.4. The number of methoxy groups -OCH3 is 1. The number of halogens is 3. The molecule has 1 aliphatic rings. The maximum Gasteiger partial charge on any atom is 0.416 e. The predicted octanol–water partition coefficient (Wildman–Crippen LogP) is 3.98. The molecule has 35 heavy (non-hydrogen) atoms. The molecule has 4 rings (SSSR count). The van der Waals surface area contributed by atoms with Crippen LogP contribution in [0, 0.1) is 6.92 Å². The number of carbonyl (C=O) groups is 1. The van der Waals surface area contributed by atoms with Crippen LogP contribution in [-0.2, 0) is 24.5 Å². The lowest BCUT2D eigenvalue weighted by molar-refractivity contribution is -0.138. The number of nitrogens with one attached hydrogen (secondary N) is 1. The molecule has 9 nitrogen and oxygen atoms in total. The minimum absolute atomic E-state index is 0.00629. The standard InChI is InChI=1S/C23H25F3N6O3/c1-13-9-15-18(27-22-28-30-31(2)29-22)5-4-8-32(19(15)11-17(13)23(24,25)26)12-14-6-7-20(33)16(10-14)21(34)35-3/h6-7,9-11,18,33H,4-5,8,12H2,1-3H3,(H,27,29). The zero-order chi connectivity index (χ0) is 25.3. The van der Waals surface area contributed by atoms with Crippen molar-refractivity contribution < 1.29 is 27.8 Å². The van der Waals surface area contributed by atoms with Gasteiger partial charge in [-0.05, 0) is 59.9 Å². The van der Waals surface area contributed by atoms with E-state index in [0.29, 0.717) is 36.2 Å². The van der Waals surface area contributed by atoms with Crippen LogP contribution in [0.1, 0.15) is 51.5 Å². The summed E-state index contributed by atoms with van der Waals surface area (Å²) in [6.07, 6.45) is -3.20. The molecule has 1 aliphatic heterocycles. The Labute approximate surface area is 199 Å². The molecule has 186 valence electrons. The van der Waals surface area contributed by atoms with Gasteiger partial charge in [0.15, 0.2) is 0 Å². The third-order valence-electron chi connectivity index (χ3n) is 5.97. The Hall–Kier alpha value is -3.83. The Morgan fingerprint density at radius 3 is 2.71 bits per heavy atom. The first-order valence-corrected chi connectivity index (χ1v) is 10.9. The van der Waals surface area contributed by atoms with Crippen molar-refractivity contribution in [2.45, 2.75) is 38.5 Å². The maximum absolute atomic E-state index is 13.8. The average molecular weight is 490 g/mol. The number of aromatic nitrogens is 4. The smallest absolute Gasteiger partial charge is 0.416 e. The van der Waals surface area contributed by atoms with Gasteiger partial charge in [0.1, 0.15) is 11.3 Å². The van der Waals surface area contributed by atoms with Gasteiger partial charge in [-0.25, -0.2) is 4.79 Å². The van der Waals surface area contributed by atoms with Gasteiger partial charge in [-0.15, -0.1) is 5.10 Å². The van der Waals surface area contributed by atoms with E-state index in [1.165, 1.54) is 37.0 Å².